The van der Waals surface area contributed by atoms with Crippen molar-refractivity contribution < 1.29 is 13.2 Å². The van der Waals surface area contributed by atoms with E-state index in [-0.39, 0.29) is 5.75 Å². The van der Waals surface area contributed by atoms with E-state index in [2.05, 4.69) is 5.32 Å². The zero-order valence-electron chi connectivity index (χ0n) is 13.9. The zero-order chi connectivity index (χ0) is 17.9. The van der Waals surface area contributed by atoms with Gasteiger partial charge in [-0.25, -0.2) is 8.42 Å². The molecule has 0 saturated heterocycles. The molecule has 0 heterocycles. The fourth-order valence-electron chi connectivity index (χ4n) is 2.74. The summed E-state index contributed by atoms with van der Waals surface area (Å²) in [7, 11) is -3.57. The summed E-state index contributed by atoms with van der Waals surface area (Å²) in [6, 6.07) is 20.4. The number of carbonyl (C=O) groups excluding carboxylic acids is 1. The van der Waals surface area contributed by atoms with Crippen LogP contribution >= 0.6 is 0 Å². The van der Waals surface area contributed by atoms with Gasteiger partial charge in [0.1, 0.15) is 5.75 Å². The van der Waals surface area contributed by atoms with Crippen LogP contribution in [0.4, 0.5) is 5.69 Å². The summed E-state index contributed by atoms with van der Waals surface area (Å²) in [6.07, 6.45) is 0. The van der Waals surface area contributed by atoms with Crippen molar-refractivity contribution in [3.05, 3.63) is 77.9 Å². The Morgan fingerprint density at radius 3 is 2.36 bits per heavy atom. The van der Waals surface area contributed by atoms with Crippen LogP contribution in [0.1, 0.15) is 11.1 Å². The number of hydrogen-bond acceptors (Lipinski definition) is 3. The van der Waals surface area contributed by atoms with Crippen molar-refractivity contribution in [2.24, 2.45) is 0 Å². The fourth-order valence-corrected chi connectivity index (χ4v) is 4.04. The lowest BCUT2D eigenvalue weighted by atomic mass is 10.1. The van der Waals surface area contributed by atoms with E-state index in [1.807, 2.05) is 55.5 Å². The van der Waals surface area contributed by atoms with Crippen molar-refractivity contribution in [2.75, 3.05) is 11.1 Å². The zero-order valence-corrected chi connectivity index (χ0v) is 14.7. The second kappa shape index (κ2) is 7.07. The van der Waals surface area contributed by atoms with Crippen LogP contribution in [-0.2, 0) is 20.4 Å². The number of nitrogens with one attached hydrogen (secondary N) is 1. The van der Waals surface area contributed by atoms with Gasteiger partial charge in [-0.3, -0.25) is 4.79 Å². The van der Waals surface area contributed by atoms with Gasteiger partial charge in [0.2, 0.25) is 5.91 Å². The molecule has 0 spiro atoms. The summed E-state index contributed by atoms with van der Waals surface area (Å²) in [4.78, 5) is 12.1. The van der Waals surface area contributed by atoms with Gasteiger partial charge in [-0.1, -0.05) is 60.2 Å². The average molecular weight is 353 g/mol. The molecular weight excluding hydrogens is 334 g/mol. The van der Waals surface area contributed by atoms with Crippen LogP contribution in [0.3, 0.4) is 0 Å². The maximum atomic E-state index is 12.4. The Labute approximate surface area is 147 Å². The third kappa shape index (κ3) is 4.45. The van der Waals surface area contributed by atoms with E-state index in [0.717, 1.165) is 16.3 Å². The predicted molar refractivity (Wildman–Crippen MR) is 101 cm³/mol. The minimum Gasteiger partial charge on any atom is -0.325 e. The number of anilines is 1. The van der Waals surface area contributed by atoms with Gasteiger partial charge in [0.25, 0.3) is 0 Å². The molecule has 1 amide bonds. The van der Waals surface area contributed by atoms with Crippen LogP contribution in [0.2, 0.25) is 0 Å². The number of hydrogen-bond donors (Lipinski definition) is 1. The van der Waals surface area contributed by atoms with Crippen LogP contribution in [0.25, 0.3) is 10.8 Å². The van der Waals surface area contributed by atoms with Gasteiger partial charge >= 0.3 is 0 Å². The highest BCUT2D eigenvalue weighted by Gasteiger charge is 2.18. The molecule has 0 aliphatic heterocycles. The number of carbonyl (C=O) groups is 1. The highest BCUT2D eigenvalue weighted by molar-refractivity contribution is 7.91. The Kier molecular flexibility index (Phi) is 4.86. The van der Waals surface area contributed by atoms with E-state index in [0.29, 0.717) is 11.3 Å². The fraction of sp³-hybridized carbons (Fsp3) is 0.150. The molecule has 1 N–H and O–H groups in total. The van der Waals surface area contributed by atoms with Crippen molar-refractivity contribution in [3.63, 3.8) is 0 Å². The minimum absolute atomic E-state index is 0.157. The lowest BCUT2D eigenvalue weighted by molar-refractivity contribution is -0.113. The van der Waals surface area contributed by atoms with Crippen LogP contribution < -0.4 is 5.32 Å². The largest absolute Gasteiger partial charge is 0.325 e. The molecule has 0 fully saturated rings. The molecule has 0 aliphatic rings. The number of benzene rings is 3. The van der Waals surface area contributed by atoms with Crippen molar-refractivity contribution in [1.29, 1.82) is 0 Å². The second-order valence-electron chi connectivity index (χ2n) is 6.08. The molecule has 3 aromatic rings. The number of sulfone groups is 1. The number of amides is 1. The Morgan fingerprint density at radius 1 is 0.920 bits per heavy atom. The summed E-state index contributed by atoms with van der Waals surface area (Å²) in [6.45, 7) is 1.94. The van der Waals surface area contributed by atoms with Gasteiger partial charge in [-0.15, -0.1) is 0 Å². The molecule has 0 bridgehead atoms. The molecule has 0 atom stereocenters. The lowest BCUT2D eigenvalue weighted by Gasteiger charge is -2.09. The third-order valence-electron chi connectivity index (χ3n) is 3.94. The van der Waals surface area contributed by atoms with E-state index in [4.69, 9.17) is 0 Å². The normalized spacial score (nSPS) is 11.4. The highest BCUT2D eigenvalue weighted by atomic mass is 32.2. The van der Waals surface area contributed by atoms with Crippen molar-refractivity contribution in [3.8, 4) is 0 Å². The third-order valence-corrected chi connectivity index (χ3v) is 5.39. The molecule has 5 heteroatoms. The monoisotopic (exact) mass is 353 g/mol. The molecule has 3 aromatic carbocycles. The Bertz CT molecular complexity index is 1000. The van der Waals surface area contributed by atoms with E-state index < -0.39 is 21.5 Å². The van der Waals surface area contributed by atoms with Gasteiger partial charge in [0.15, 0.2) is 9.84 Å². The standard InChI is InChI=1S/C20H19NO3S/c1-15-9-11-18(12-10-15)21-20(22)14-25(23,24)13-17-7-4-6-16-5-2-3-8-19(16)17/h2-12H,13-14H2,1H3,(H,21,22). The van der Waals surface area contributed by atoms with E-state index >= 15 is 0 Å². The average Bonchev–Trinajstić information content (AvgIpc) is 2.56. The molecule has 0 radical (unpaired) electrons. The quantitative estimate of drug-likeness (QED) is 0.761. The van der Waals surface area contributed by atoms with E-state index in [1.54, 1.807) is 18.2 Å². The molecule has 128 valence electrons. The first-order valence-electron chi connectivity index (χ1n) is 7.96. The van der Waals surface area contributed by atoms with E-state index in [1.165, 1.54) is 0 Å². The second-order valence-corrected chi connectivity index (χ2v) is 8.15. The molecular formula is C20H19NO3S. The predicted octanol–water partition coefficient (Wildman–Crippen LogP) is 3.70. The Balaban J connectivity index is 1.73. The molecule has 0 saturated carbocycles. The molecule has 0 aromatic heterocycles. The topological polar surface area (TPSA) is 63.2 Å². The summed E-state index contributed by atoms with van der Waals surface area (Å²) < 4.78 is 24.9. The van der Waals surface area contributed by atoms with E-state index in [9.17, 15) is 13.2 Å². The van der Waals surface area contributed by atoms with Crippen LogP contribution in [-0.4, -0.2) is 20.1 Å². The number of aryl methyl sites for hydroxylation is 1. The first-order chi connectivity index (χ1) is 11.9. The van der Waals surface area contributed by atoms with Crippen molar-refractivity contribution >= 4 is 32.2 Å². The van der Waals surface area contributed by atoms with Gasteiger partial charge < -0.3 is 5.32 Å². The van der Waals surface area contributed by atoms with Gasteiger partial charge in [0, 0.05) is 5.69 Å². The number of rotatable bonds is 5. The summed E-state index contributed by atoms with van der Waals surface area (Å²) >= 11 is 0. The van der Waals surface area contributed by atoms with Gasteiger partial charge in [0.05, 0.1) is 5.75 Å². The summed E-state index contributed by atoms with van der Waals surface area (Å²) in [5.74, 6) is -1.22. The highest BCUT2D eigenvalue weighted by Crippen LogP contribution is 2.21. The maximum absolute atomic E-state index is 12.4. The van der Waals surface area contributed by atoms with Crippen molar-refractivity contribution in [2.45, 2.75) is 12.7 Å². The molecule has 4 nitrogen and oxygen atoms in total. The first kappa shape index (κ1) is 17.2. The smallest absolute Gasteiger partial charge is 0.239 e. The van der Waals surface area contributed by atoms with Crippen molar-refractivity contribution in [1.82, 2.24) is 0 Å². The number of fused-ring (bicyclic) bond motifs is 1. The first-order valence-corrected chi connectivity index (χ1v) is 9.79. The van der Waals surface area contributed by atoms with Gasteiger partial charge in [-0.05, 0) is 35.4 Å². The Hall–Kier alpha value is -2.66. The summed E-state index contributed by atoms with van der Waals surface area (Å²) in [5, 5.41) is 4.51. The van der Waals surface area contributed by atoms with Crippen LogP contribution in [0, 0.1) is 6.92 Å². The SMILES string of the molecule is Cc1ccc(NC(=O)CS(=O)(=O)Cc2cccc3ccccc23)cc1. The minimum atomic E-state index is -3.57. The molecule has 3 rings (SSSR count). The summed E-state index contributed by atoms with van der Waals surface area (Å²) in [5.41, 5.74) is 2.37. The molecule has 0 aliphatic carbocycles. The molecule has 0 unspecified atom stereocenters. The Morgan fingerprint density at radius 2 is 1.60 bits per heavy atom. The lowest BCUT2D eigenvalue weighted by Crippen LogP contribution is -2.24. The molecule has 25 heavy (non-hydrogen) atoms. The van der Waals surface area contributed by atoms with Gasteiger partial charge in [-0.2, -0.15) is 0 Å². The van der Waals surface area contributed by atoms with Crippen LogP contribution in [0.15, 0.2) is 66.7 Å². The maximum Gasteiger partial charge on any atom is 0.239 e. The van der Waals surface area contributed by atoms with Crippen LogP contribution in [0.5, 0.6) is 0 Å².